The summed E-state index contributed by atoms with van der Waals surface area (Å²) in [5.74, 6) is -3.94. The highest BCUT2D eigenvalue weighted by Crippen LogP contribution is 2.17. The zero-order chi connectivity index (χ0) is 14.0. The number of aromatic amines is 1. The maximum Gasteiger partial charge on any atom is 0.259 e. The minimum absolute atomic E-state index is 0.0576. The van der Waals surface area contributed by atoms with Gasteiger partial charge >= 0.3 is 0 Å². The maximum atomic E-state index is 13.4. The van der Waals surface area contributed by atoms with E-state index in [2.05, 4.69) is 9.97 Å². The Balaban J connectivity index is 2.24. The molecule has 0 aliphatic heterocycles. The smallest absolute Gasteiger partial charge is 0.259 e. The summed E-state index contributed by atoms with van der Waals surface area (Å²) in [6, 6.07) is 0.939. The van der Waals surface area contributed by atoms with Crippen molar-refractivity contribution < 1.29 is 18.0 Å². The molecule has 0 atom stereocenters. The second-order valence-electron chi connectivity index (χ2n) is 3.94. The predicted molar refractivity (Wildman–Crippen MR) is 60.7 cm³/mol. The molecule has 2 aromatic rings. The van der Waals surface area contributed by atoms with E-state index < -0.39 is 28.9 Å². The first-order chi connectivity index (χ1) is 8.99. The number of hydrogen-bond acceptors (Lipinski definition) is 2. The van der Waals surface area contributed by atoms with E-state index in [0.29, 0.717) is 18.0 Å². The van der Waals surface area contributed by atoms with Crippen LogP contribution in [0.3, 0.4) is 0 Å². The number of hydrogen-bond donors (Lipinski definition) is 1. The lowest BCUT2D eigenvalue weighted by atomic mass is 10.1. The van der Waals surface area contributed by atoms with Crippen molar-refractivity contribution in [3.63, 3.8) is 0 Å². The summed E-state index contributed by atoms with van der Waals surface area (Å²) in [6.45, 7) is 0.0576. The van der Waals surface area contributed by atoms with Gasteiger partial charge in [0.05, 0.1) is 6.54 Å². The number of rotatable bonds is 3. The molecule has 1 N–H and O–H groups in total. The van der Waals surface area contributed by atoms with Gasteiger partial charge in [-0.25, -0.2) is 18.2 Å². The largest absolute Gasteiger partial charge is 0.347 e. The Morgan fingerprint density at radius 2 is 1.95 bits per heavy atom. The molecule has 0 saturated carbocycles. The molecule has 2 rings (SSSR count). The molecule has 0 bridgehead atoms. The average Bonchev–Trinajstić information content (AvgIpc) is 2.80. The number of H-pyrrole nitrogens is 1. The van der Waals surface area contributed by atoms with Crippen LogP contribution in [0.15, 0.2) is 24.5 Å². The zero-order valence-corrected chi connectivity index (χ0v) is 9.95. The molecule has 100 valence electrons. The third kappa shape index (κ3) is 2.75. The van der Waals surface area contributed by atoms with Crippen LogP contribution in [0, 0.1) is 17.5 Å². The van der Waals surface area contributed by atoms with E-state index in [1.807, 2.05) is 0 Å². The van der Waals surface area contributed by atoms with Crippen LogP contribution in [0.5, 0.6) is 0 Å². The van der Waals surface area contributed by atoms with E-state index in [0.717, 1.165) is 4.90 Å². The van der Waals surface area contributed by atoms with Crippen molar-refractivity contribution in [2.24, 2.45) is 0 Å². The molecule has 1 heterocycles. The topological polar surface area (TPSA) is 49.0 Å². The minimum atomic E-state index is -1.23. The van der Waals surface area contributed by atoms with Crippen molar-refractivity contribution in [2.75, 3.05) is 7.05 Å². The number of amides is 1. The lowest BCUT2D eigenvalue weighted by Gasteiger charge is -2.16. The fourth-order valence-corrected chi connectivity index (χ4v) is 1.62. The van der Waals surface area contributed by atoms with Gasteiger partial charge in [0, 0.05) is 31.6 Å². The minimum Gasteiger partial charge on any atom is -0.347 e. The Kier molecular flexibility index (Phi) is 3.55. The first kappa shape index (κ1) is 13.1. The molecule has 0 saturated heterocycles. The number of halogens is 3. The molecule has 0 aliphatic carbocycles. The molecule has 1 aromatic carbocycles. The summed E-state index contributed by atoms with van der Waals surface area (Å²) in [5.41, 5.74) is -0.782. The van der Waals surface area contributed by atoms with Crippen molar-refractivity contribution in [1.29, 1.82) is 0 Å². The van der Waals surface area contributed by atoms with Crippen molar-refractivity contribution in [1.82, 2.24) is 14.9 Å². The molecule has 19 heavy (non-hydrogen) atoms. The third-order valence-corrected chi connectivity index (χ3v) is 2.51. The Hall–Kier alpha value is -2.31. The van der Waals surface area contributed by atoms with E-state index in [-0.39, 0.29) is 6.54 Å². The summed E-state index contributed by atoms with van der Waals surface area (Å²) in [5, 5.41) is 0. The monoisotopic (exact) mass is 269 g/mol. The first-order valence-electron chi connectivity index (χ1n) is 5.37. The summed E-state index contributed by atoms with van der Waals surface area (Å²) < 4.78 is 39.7. The number of imidazole rings is 1. The normalized spacial score (nSPS) is 10.5. The molecule has 1 amide bonds. The van der Waals surface area contributed by atoms with Crippen LogP contribution in [0.1, 0.15) is 16.2 Å². The van der Waals surface area contributed by atoms with Crippen LogP contribution < -0.4 is 0 Å². The van der Waals surface area contributed by atoms with E-state index in [1.54, 1.807) is 6.20 Å². The number of carbonyl (C=O) groups is 1. The molecule has 7 heteroatoms. The van der Waals surface area contributed by atoms with Gasteiger partial charge in [-0.2, -0.15) is 0 Å². The van der Waals surface area contributed by atoms with Crippen LogP contribution in [0.2, 0.25) is 0 Å². The van der Waals surface area contributed by atoms with Gasteiger partial charge in [0.1, 0.15) is 28.8 Å². The van der Waals surface area contributed by atoms with Crippen LogP contribution in [-0.2, 0) is 6.54 Å². The number of nitrogens with zero attached hydrogens (tertiary/aromatic N) is 2. The van der Waals surface area contributed by atoms with Gasteiger partial charge in [-0.1, -0.05) is 0 Å². The van der Waals surface area contributed by atoms with Crippen molar-refractivity contribution >= 4 is 5.91 Å². The number of benzene rings is 1. The van der Waals surface area contributed by atoms with Gasteiger partial charge in [-0.05, 0) is 0 Å². The van der Waals surface area contributed by atoms with E-state index in [1.165, 1.54) is 13.2 Å². The molecule has 1 aromatic heterocycles. The molecule has 0 radical (unpaired) electrons. The highest BCUT2D eigenvalue weighted by atomic mass is 19.1. The van der Waals surface area contributed by atoms with E-state index >= 15 is 0 Å². The molecule has 0 unspecified atom stereocenters. The molecule has 4 nitrogen and oxygen atoms in total. The van der Waals surface area contributed by atoms with Crippen molar-refractivity contribution in [3.8, 4) is 0 Å². The fraction of sp³-hybridized carbons (Fsp3) is 0.167. The summed E-state index contributed by atoms with van der Waals surface area (Å²) >= 11 is 0. The highest BCUT2D eigenvalue weighted by molar-refractivity contribution is 5.94. The van der Waals surface area contributed by atoms with Crippen LogP contribution in [0.4, 0.5) is 13.2 Å². The van der Waals surface area contributed by atoms with Gasteiger partial charge in [-0.3, -0.25) is 4.79 Å². The number of nitrogens with one attached hydrogen (secondary N) is 1. The van der Waals surface area contributed by atoms with Gasteiger partial charge < -0.3 is 9.88 Å². The first-order valence-corrected chi connectivity index (χ1v) is 5.37. The van der Waals surface area contributed by atoms with Crippen molar-refractivity contribution in [2.45, 2.75) is 6.54 Å². The van der Waals surface area contributed by atoms with Crippen LogP contribution in [0.25, 0.3) is 0 Å². The maximum absolute atomic E-state index is 13.4. The third-order valence-electron chi connectivity index (χ3n) is 2.51. The molecule has 0 aliphatic rings. The average molecular weight is 269 g/mol. The highest BCUT2D eigenvalue weighted by Gasteiger charge is 2.22. The van der Waals surface area contributed by atoms with Gasteiger partial charge in [0.25, 0.3) is 5.91 Å². The predicted octanol–water partition coefficient (Wildman–Crippen LogP) is 2.10. The lowest BCUT2D eigenvalue weighted by molar-refractivity contribution is 0.0772. The van der Waals surface area contributed by atoms with E-state index in [4.69, 9.17) is 0 Å². The second kappa shape index (κ2) is 5.13. The fourth-order valence-electron chi connectivity index (χ4n) is 1.62. The Bertz CT molecular complexity index is 575. The molecular weight excluding hydrogens is 259 g/mol. The number of carbonyl (C=O) groups excluding carboxylic acids is 1. The van der Waals surface area contributed by atoms with Crippen LogP contribution >= 0.6 is 0 Å². The lowest BCUT2D eigenvalue weighted by Crippen LogP contribution is -2.28. The van der Waals surface area contributed by atoms with Crippen LogP contribution in [-0.4, -0.2) is 27.8 Å². The van der Waals surface area contributed by atoms with E-state index in [9.17, 15) is 18.0 Å². The summed E-state index contributed by atoms with van der Waals surface area (Å²) in [6.07, 6.45) is 3.05. The molecule has 0 spiro atoms. The van der Waals surface area contributed by atoms with Gasteiger partial charge in [-0.15, -0.1) is 0 Å². The zero-order valence-electron chi connectivity index (χ0n) is 9.95. The Morgan fingerprint density at radius 1 is 1.32 bits per heavy atom. The summed E-state index contributed by atoms with van der Waals surface area (Å²) in [7, 11) is 1.37. The second-order valence-corrected chi connectivity index (χ2v) is 3.94. The Morgan fingerprint density at radius 3 is 2.47 bits per heavy atom. The quantitative estimate of drug-likeness (QED) is 0.927. The SMILES string of the molecule is CN(Cc1ncc[nH]1)C(=O)c1c(F)cc(F)cc1F. The van der Waals surface area contributed by atoms with Gasteiger partial charge in [0.2, 0.25) is 0 Å². The van der Waals surface area contributed by atoms with Gasteiger partial charge in [0.15, 0.2) is 0 Å². The number of aromatic nitrogens is 2. The molecule has 0 fully saturated rings. The molecular formula is C12H10F3N3O. The Labute approximate surface area is 106 Å². The summed E-state index contributed by atoms with van der Waals surface area (Å²) in [4.78, 5) is 19.6. The van der Waals surface area contributed by atoms with Crippen molar-refractivity contribution in [3.05, 3.63) is 53.4 Å². The standard InChI is InChI=1S/C12H10F3N3O/c1-18(6-10-16-2-3-17-10)12(19)11-8(14)4-7(13)5-9(11)15/h2-5H,6H2,1H3,(H,16,17).